The molecule has 0 aliphatic carbocycles. The van der Waals surface area contributed by atoms with E-state index in [-0.39, 0.29) is 6.04 Å². The summed E-state index contributed by atoms with van der Waals surface area (Å²) in [6.07, 6.45) is 5.63. The van der Waals surface area contributed by atoms with Gasteiger partial charge in [0.1, 0.15) is 0 Å². The zero-order valence-corrected chi connectivity index (χ0v) is 12.3. The molecule has 0 saturated carbocycles. The van der Waals surface area contributed by atoms with Crippen molar-refractivity contribution in [1.29, 1.82) is 0 Å². The number of rotatable bonds is 5. The summed E-state index contributed by atoms with van der Waals surface area (Å²) in [5.74, 6) is 0. The Morgan fingerprint density at radius 1 is 1.21 bits per heavy atom. The van der Waals surface area contributed by atoms with Crippen LogP contribution in [0, 0.1) is 6.92 Å². The van der Waals surface area contributed by atoms with Gasteiger partial charge in [0, 0.05) is 28.2 Å². The molecular formula is C16H20N2S. The van der Waals surface area contributed by atoms with Gasteiger partial charge in [0.15, 0.2) is 0 Å². The molecule has 0 saturated heterocycles. The highest BCUT2D eigenvalue weighted by Gasteiger charge is 2.05. The predicted molar refractivity (Wildman–Crippen MR) is 81.5 cm³/mol. The average molecular weight is 272 g/mol. The second-order valence-corrected chi connectivity index (χ2v) is 5.87. The van der Waals surface area contributed by atoms with Gasteiger partial charge in [-0.15, -0.1) is 0 Å². The number of hydrogen-bond donors (Lipinski definition) is 1. The van der Waals surface area contributed by atoms with Crippen LogP contribution in [0.5, 0.6) is 0 Å². The van der Waals surface area contributed by atoms with Crippen molar-refractivity contribution < 1.29 is 0 Å². The molecule has 2 N–H and O–H groups in total. The Morgan fingerprint density at radius 3 is 2.58 bits per heavy atom. The predicted octanol–water partition coefficient (Wildman–Crippen LogP) is 3.82. The van der Waals surface area contributed by atoms with E-state index in [1.54, 1.807) is 11.8 Å². The molecule has 0 radical (unpaired) electrons. The van der Waals surface area contributed by atoms with Crippen LogP contribution in [0.3, 0.4) is 0 Å². The van der Waals surface area contributed by atoms with Crippen LogP contribution in [0.15, 0.2) is 52.5 Å². The molecule has 0 bridgehead atoms. The third-order valence-electron chi connectivity index (χ3n) is 3.14. The second kappa shape index (κ2) is 6.73. The summed E-state index contributed by atoms with van der Waals surface area (Å²) in [5, 5.41) is 0. The first-order valence-corrected chi connectivity index (χ1v) is 7.43. The van der Waals surface area contributed by atoms with Gasteiger partial charge in [-0.1, -0.05) is 30.8 Å². The molecule has 3 heteroatoms. The molecule has 2 aromatic rings. The summed E-state index contributed by atoms with van der Waals surface area (Å²) in [6.45, 7) is 4.29. The van der Waals surface area contributed by atoms with Gasteiger partial charge in [-0.2, -0.15) is 0 Å². The van der Waals surface area contributed by atoms with E-state index in [0.29, 0.717) is 0 Å². The summed E-state index contributed by atoms with van der Waals surface area (Å²) in [5.41, 5.74) is 8.64. The largest absolute Gasteiger partial charge is 0.327 e. The van der Waals surface area contributed by atoms with Gasteiger partial charge >= 0.3 is 0 Å². The average Bonchev–Trinajstić information content (AvgIpc) is 2.43. The highest BCUT2D eigenvalue weighted by atomic mass is 32.2. The maximum Gasteiger partial charge on any atom is 0.0279 e. The Morgan fingerprint density at radius 2 is 1.95 bits per heavy atom. The summed E-state index contributed by atoms with van der Waals surface area (Å²) in [7, 11) is 0. The number of benzene rings is 1. The quantitative estimate of drug-likeness (QED) is 0.899. The Labute approximate surface area is 119 Å². The van der Waals surface area contributed by atoms with Crippen molar-refractivity contribution in [2.75, 3.05) is 0 Å². The van der Waals surface area contributed by atoms with E-state index >= 15 is 0 Å². The van der Waals surface area contributed by atoms with Crippen molar-refractivity contribution in [3.63, 3.8) is 0 Å². The summed E-state index contributed by atoms with van der Waals surface area (Å²) >= 11 is 1.78. The van der Waals surface area contributed by atoms with Gasteiger partial charge in [-0.25, -0.2) is 0 Å². The maximum absolute atomic E-state index is 6.00. The lowest BCUT2D eigenvalue weighted by Gasteiger charge is -2.11. The minimum Gasteiger partial charge on any atom is -0.327 e. The number of aryl methyl sites for hydroxylation is 1. The van der Waals surface area contributed by atoms with E-state index < -0.39 is 0 Å². The van der Waals surface area contributed by atoms with E-state index in [2.05, 4.69) is 37.0 Å². The Balaban J connectivity index is 2.11. The number of pyridine rings is 1. The molecule has 0 aliphatic rings. The summed E-state index contributed by atoms with van der Waals surface area (Å²) in [6, 6.07) is 11.0. The van der Waals surface area contributed by atoms with E-state index in [4.69, 9.17) is 5.73 Å². The number of aromatic nitrogens is 1. The molecule has 1 atom stereocenters. The zero-order chi connectivity index (χ0) is 13.7. The van der Waals surface area contributed by atoms with Crippen molar-refractivity contribution in [3.8, 4) is 0 Å². The lowest BCUT2D eigenvalue weighted by atomic mass is 10.0. The van der Waals surface area contributed by atoms with Crippen molar-refractivity contribution in [1.82, 2.24) is 4.98 Å². The first kappa shape index (κ1) is 14.1. The molecule has 2 nitrogen and oxygen atoms in total. The van der Waals surface area contributed by atoms with E-state index in [0.717, 1.165) is 12.8 Å². The molecule has 100 valence electrons. The number of nitrogens with two attached hydrogens (primary N) is 1. The van der Waals surface area contributed by atoms with Crippen LogP contribution in [-0.2, 0) is 6.42 Å². The van der Waals surface area contributed by atoms with Crippen molar-refractivity contribution in [3.05, 3.63) is 53.9 Å². The molecule has 1 aromatic heterocycles. The van der Waals surface area contributed by atoms with Crippen molar-refractivity contribution in [2.24, 2.45) is 5.73 Å². The van der Waals surface area contributed by atoms with Crippen molar-refractivity contribution >= 4 is 11.8 Å². The van der Waals surface area contributed by atoms with Crippen LogP contribution >= 0.6 is 11.8 Å². The van der Waals surface area contributed by atoms with Crippen LogP contribution in [-0.4, -0.2) is 11.0 Å². The SMILES string of the molecule is CCC(N)Cc1ccc(Sc2ccncc2)c(C)c1. The van der Waals surface area contributed by atoms with Gasteiger partial charge < -0.3 is 5.73 Å². The molecule has 1 unspecified atom stereocenters. The van der Waals surface area contributed by atoms with Gasteiger partial charge in [0.25, 0.3) is 0 Å². The van der Waals surface area contributed by atoms with Gasteiger partial charge in [-0.05, 0) is 49.1 Å². The zero-order valence-electron chi connectivity index (χ0n) is 11.5. The van der Waals surface area contributed by atoms with Crippen LogP contribution in [0.1, 0.15) is 24.5 Å². The molecule has 1 heterocycles. The minimum atomic E-state index is 0.262. The molecular weight excluding hydrogens is 252 g/mol. The fourth-order valence-electron chi connectivity index (χ4n) is 1.93. The smallest absolute Gasteiger partial charge is 0.0279 e. The Hall–Kier alpha value is -1.32. The van der Waals surface area contributed by atoms with E-state index in [1.807, 2.05) is 24.5 Å². The Bertz CT molecular complexity index is 526. The summed E-state index contributed by atoms with van der Waals surface area (Å²) < 4.78 is 0. The van der Waals surface area contributed by atoms with Gasteiger partial charge in [0.2, 0.25) is 0 Å². The molecule has 1 aromatic carbocycles. The molecule has 0 spiro atoms. The van der Waals surface area contributed by atoms with Crippen molar-refractivity contribution in [2.45, 2.75) is 42.5 Å². The normalized spacial score (nSPS) is 12.4. The topological polar surface area (TPSA) is 38.9 Å². The fraction of sp³-hybridized carbons (Fsp3) is 0.312. The van der Waals surface area contributed by atoms with Crippen LogP contribution in [0.25, 0.3) is 0 Å². The molecule has 0 fully saturated rings. The van der Waals surface area contributed by atoms with Gasteiger partial charge in [0.05, 0.1) is 0 Å². The standard InChI is InChI=1S/C16H20N2S/c1-3-14(17)11-13-4-5-16(12(2)10-13)19-15-6-8-18-9-7-15/h4-10,14H,3,11,17H2,1-2H3. The maximum atomic E-state index is 6.00. The highest BCUT2D eigenvalue weighted by Crippen LogP contribution is 2.30. The van der Waals surface area contributed by atoms with Crippen LogP contribution in [0.2, 0.25) is 0 Å². The van der Waals surface area contributed by atoms with Crippen LogP contribution in [0.4, 0.5) is 0 Å². The first-order valence-electron chi connectivity index (χ1n) is 6.62. The van der Waals surface area contributed by atoms with E-state index in [1.165, 1.54) is 20.9 Å². The van der Waals surface area contributed by atoms with E-state index in [9.17, 15) is 0 Å². The molecule has 19 heavy (non-hydrogen) atoms. The van der Waals surface area contributed by atoms with Gasteiger partial charge in [-0.3, -0.25) is 4.98 Å². The lowest BCUT2D eigenvalue weighted by Crippen LogP contribution is -2.21. The monoisotopic (exact) mass is 272 g/mol. The first-order chi connectivity index (χ1) is 9.19. The second-order valence-electron chi connectivity index (χ2n) is 4.76. The highest BCUT2D eigenvalue weighted by molar-refractivity contribution is 7.99. The third-order valence-corrected chi connectivity index (χ3v) is 4.32. The number of hydrogen-bond acceptors (Lipinski definition) is 3. The Kier molecular flexibility index (Phi) is 5.00. The molecule has 0 aliphatic heterocycles. The van der Waals surface area contributed by atoms with Crippen LogP contribution < -0.4 is 5.73 Å². The lowest BCUT2D eigenvalue weighted by molar-refractivity contribution is 0.646. The third kappa shape index (κ3) is 4.08. The molecule has 2 rings (SSSR count). The molecule has 0 amide bonds. The fourth-order valence-corrected chi connectivity index (χ4v) is 2.80. The summed E-state index contributed by atoms with van der Waals surface area (Å²) in [4.78, 5) is 6.55. The number of nitrogens with zero attached hydrogens (tertiary/aromatic N) is 1. The minimum absolute atomic E-state index is 0.262.